The second-order valence-corrected chi connectivity index (χ2v) is 2.28. The lowest BCUT2D eigenvalue weighted by Crippen LogP contribution is -1.95. The lowest BCUT2D eigenvalue weighted by Gasteiger charge is -1.95. The van der Waals surface area contributed by atoms with E-state index in [1.165, 1.54) is 24.3 Å². The Morgan fingerprint density at radius 2 is 1.69 bits per heavy atom. The number of benzene rings is 1. The zero-order valence-electron chi connectivity index (χ0n) is 8.30. The quantitative estimate of drug-likeness (QED) is 0.640. The Kier molecular flexibility index (Phi) is 5.77. The van der Waals surface area contributed by atoms with Crippen molar-refractivity contribution in [3.8, 4) is 0 Å². The standard InChI is InChI=1S/C9H9FO.C2H6/c1-2-9(11)7-3-5-8(10)6-4-7;1-2/h3-6H,2H2,1H3;1-2H3. The van der Waals surface area contributed by atoms with Crippen LogP contribution < -0.4 is 0 Å². The second-order valence-electron chi connectivity index (χ2n) is 2.28. The fraction of sp³-hybridized carbons (Fsp3) is 0.364. The molecule has 0 saturated heterocycles. The van der Waals surface area contributed by atoms with Crippen LogP contribution >= 0.6 is 0 Å². The molecule has 0 unspecified atom stereocenters. The number of hydrogen-bond acceptors (Lipinski definition) is 1. The summed E-state index contributed by atoms with van der Waals surface area (Å²) < 4.78 is 12.3. The summed E-state index contributed by atoms with van der Waals surface area (Å²) in [5.74, 6) is -0.261. The summed E-state index contributed by atoms with van der Waals surface area (Å²) >= 11 is 0. The molecule has 0 aliphatic rings. The number of carbonyl (C=O) groups excluding carboxylic acids is 1. The number of carbonyl (C=O) groups is 1. The van der Waals surface area contributed by atoms with E-state index >= 15 is 0 Å². The van der Waals surface area contributed by atoms with Gasteiger partial charge in [-0.15, -0.1) is 0 Å². The maximum atomic E-state index is 12.3. The maximum absolute atomic E-state index is 12.3. The molecule has 0 bridgehead atoms. The number of hydrogen-bond donors (Lipinski definition) is 0. The molecule has 1 aromatic rings. The molecule has 0 atom stereocenters. The highest BCUT2D eigenvalue weighted by Crippen LogP contribution is 2.04. The molecule has 72 valence electrons. The van der Waals surface area contributed by atoms with Gasteiger partial charge in [-0.3, -0.25) is 4.79 Å². The molecule has 0 fully saturated rings. The van der Waals surface area contributed by atoms with Gasteiger partial charge in [0.25, 0.3) is 0 Å². The summed E-state index contributed by atoms with van der Waals surface area (Å²) in [6.45, 7) is 5.78. The van der Waals surface area contributed by atoms with Crippen LogP contribution in [0.3, 0.4) is 0 Å². The van der Waals surface area contributed by atoms with Gasteiger partial charge in [-0.25, -0.2) is 4.39 Å². The van der Waals surface area contributed by atoms with Crippen molar-refractivity contribution in [2.75, 3.05) is 0 Å². The molecule has 1 rings (SSSR count). The van der Waals surface area contributed by atoms with Gasteiger partial charge < -0.3 is 0 Å². The molecule has 1 nitrogen and oxygen atoms in total. The summed E-state index contributed by atoms with van der Waals surface area (Å²) in [6.07, 6.45) is 0.464. The Morgan fingerprint density at radius 1 is 1.23 bits per heavy atom. The third kappa shape index (κ3) is 3.83. The number of Topliss-reactive ketones (excluding diaryl/α,β-unsaturated/α-hetero) is 1. The van der Waals surface area contributed by atoms with E-state index in [1.54, 1.807) is 6.92 Å². The molecule has 0 radical (unpaired) electrons. The van der Waals surface area contributed by atoms with E-state index in [0.29, 0.717) is 12.0 Å². The molecule has 1 aromatic carbocycles. The average Bonchev–Trinajstić information content (AvgIpc) is 2.21. The predicted octanol–water partition coefficient (Wildman–Crippen LogP) is 3.44. The zero-order valence-corrected chi connectivity index (χ0v) is 8.30. The van der Waals surface area contributed by atoms with Crippen molar-refractivity contribution in [1.82, 2.24) is 0 Å². The monoisotopic (exact) mass is 182 g/mol. The first-order valence-corrected chi connectivity index (χ1v) is 4.53. The molecule has 0 heterocycles. The van der Waals surface area contributed by atoms with Gasteiger partial charge in [0.05, 0.1) is 0 Å². The Labute approximate surface area is 78.6 Å². The van der Waals surface area contributed by atoms with E-state index in [0.717, 1.165) is 0 Å². The van der Waals surface area contributed by atoms with Crippen molar-refractivity contribution in [1.29, 1.82) is 0 Å². The first-order valence-electron chi connectivity index (χ1n) is 4.53. The van der Waals surface area contributed by atoms with Gasteiger partial charge in [-0.1, -0.05) is 20.8 Å². The third-order valence-corrected chi connectivity index (χ3v) is 1.49. The molecular formula is C11H15FO. The van der Waals surface area contributed by atoms with Crippen molar-refractivity contribution < 1.29 is 9.18 Å². The predicted molar refractivity (Wildman–Crippen MR) is 52.4 cm³/mol. The topological polar surface area (TPSA) is 17.1 Å². The van der Waals surface area contributed by atoms with Crippen LogP contribution in [0.15, 0.2) is 24.3 Å². The highest BCUT2D eigenvalue weighted by molar-refractivity contribution is 5.95. The Balaban J connectivity index is 0.000000671. The minimum atomic E-state index is -0.308. The summed E-state index contributed by atoms with van der Waals surface area (Å²) in [6, 6.07) is 5.59. The van der Waals surface area contributed by atoms with Crippen LogP contribution in [0.5, 0.6) is 0 Å². The Bertz CT molecular complexity index is 251. The molecule has 0 amide bonds. The fourth-order valence-electron chi connectivity index (χ4n) is 0.840. The molecule has 0 aliphatic carbocycles. The van der Waals surface area contributed by atoms with Crippen LogP contribution in [-0.2, 0) is 0 Å². The highest BCUT2D eigenvalue weighted by atomic mass is 19.1. The smallest absolute Gasteiger partial charge is 0.162 e. The van der Waals surface area contributed by atoms with Gasteiger partial charge in [0.2, 0.25) is 0 Å². The van der Waals surface area contributed by atoms with Gasteiger partial charge in [0, 0.05) is 12.0 Å². The van der Waals surface area contributed by atoms with E-state index in [4.69, 9.17) is 0 Å². The Morgan fingerprint density at radius 3 is 2.08 bits per heavy atom. The first kappa shape index (κ1) is 11.8. The third-order valence-electron chi connectivity index (χ3n) is 1.49. The van der Waals surface area contributed by atoms with E-state index in [-0.39, 0.29) is 11.6 Å². The van der Waals surface area contributed by atoms with E-state index in [9.17, 15) is 9.18 Å². The lowest BCUT2D eigenvalue weighted by atomic mass is 10.1. The minimum Gasteiger partial charge on any atom is -0.294 e. The largest absolute Gasteiger partial charge is 0.294 e. The van der Waals surface area contributed by atoms with Crippen LogP contribution in [0, 0.1) is 5.82 Å². The SMILES string of the molecule is CC.CCC(=O)c1ccc(F)cc1. The maximum Gasteiger partial charge on any atom is 0.162 e. The normalized spacial score (nSPS) is 8.62. The molecule has 2 heteroatoms. The van der Waals surface area contributed by atoms with Crippen LogP contribution in [0.25, 0.3) is 0 Å². The van der Waals surface area contributed by atoms with E-state index in [2.05, 4.69) is 0 Å². The Hall–Kier alpha value is -1.18. The van der Waals surface area contributed by atoms with Crippen LogP contribution in [-0.4, -0.2) is 5.78 Å². The summed E-state index contributed by atoms with van der Waals surface area (Å²) in [4.78, 5) is 11.0. The van der Waals surface area contributed by atoms with Crippen LogP contribution in [0.2, 0.25) is 0 Å². The zero-order chi connectivity index (χ0) is 10.3. The van der Waals surface area contributed by atoms with E-state index < -0.39 is 0 Å². The van der Waals surface area contributed by atoms with Crippen LogP contribution in [0.1, 0.15) is 37.6 Å². The summed E-state index contributed by atoms with van der Waals surface area (Å²) in [5.41, 5.74) is 0.578. The first-order chi connectivity index (χ1) is 6.24. The van der Waals surface area contributed by atoms with E-state index in [1.807, 2.05) is 13.8 Å². The van der Waals surface area contributed by atoms with Gasteiger partial charge in [-0.2, -0.15) is 0 Å². The van der Waals surface area contributed by atoms with Crippen molar-refractivity contribution in [3.05, 3.63) is 35.6 Å². The lowest BCUT2D eigenvalue weighted by molar-refractivity contribution is 0.0988. The van der Waals surface area contributed by atoms with Crippen molar-refractivity contribution in [2.45, 2.75) is 27.2 Å². The molecule has 0 aromatic heterocycles. The van der Waals surface area contributed by atoms with Crippen LogP contribution in [0.4, 0.5) is 4.39 Å². The molecular weight excluding hydrogens is 167 g/mol. The molecule has 13 heavy (non-hydrogen) atoms. The molecule has 0 aliphatic heterocycles. The molecule has 0 saturated carbocycles. The van der Waals surface area contributed by atoms with Gasteiger partial charge in [0.1, 0.15) is 5.82 Å². The minimum absolute atomic E-state index is 0.0463. The average molecular weight is 182 g/mol. The number of ketones is 1. The summed E-state index contributed by atoms with van der Waals surface area (Å²) in [5, 5.41) is 0. The summed E-state index contributed by atoms with van der Waals surface area (Å²) in [7, 11) is 0. The van der Waals surface area contributed by atoms with Gasteiger partial charge in [0.15, 0.2) is 5.78 Å². The number of halogens is 1. The fourth-order valence-corrected chi connectivity index (χ4v) is 0.840. The van der Waals surface area contributed by atoms with Gasteiger partial charge in [-0.05, 0) is 24.3 Å². The van der Waals surface area contributed by atoms with Crippen molar-refractivity contribution in [3.63, 3.8) is 0 Å². The molecule has 0 spiro atoms. The highest BCUT2D eigenvalue weighted by Gasteiger charge is 2.00. The van der Waals surface area contributed by atoms with Gasteiger partial charge >= 0.3 is 0 Å². The number of rotatable bonds is 2. The second kappa shape index (κ2) is 6.35. The molecule has 0 N–H and O–H groups in total. The van der Waals surface area contributed by atoms with Crippen molar-refractivity contribution in [2.24, 2.45) is 0 Å². The van der Waals surface area contributed by atoms with Crippen molar-refractivity contribution >= 4 is 5.78 Å².